The number of fused-ring (bicyclic) bond motifs is 1. The molecule has 0 aliphatic heterocycles. The van der Waals surface area contributed by atoms with E-state index in [4.69, 9.17) is 4.74 Å². The second-order valence-electron chi connectivity index (χ2n) is 6.69. The standard InChI is InChI=1S/C20H24N2O4/c23-19(14-26-20-7-2-1-3-8-20)13-21-17-6-4-5-15-9-10-18(22(24)25)12-16(15)11-17/h1-3,7-10,12,17,19,21,23H,4-6,11,13-14H2/t17?,19-/m0/s1. The summed E-state index contributed by atoms with van der Waals surface area (Å²) in [7, 11) is 0. The number of nitro groups is 1. The summed E-state index contributed by atoms with van der Waals surface area (Å²) in [6.45, 7) is 0.660. The molecule has 2 aromatic carbocycles. The Kier molecular flexibility index (Phi) is 6.20. The highest BCUT2D eigenvalue weighted by atomic mass is 16.6. The van der Waals surface area contributed by atoms with Crippen LogP contribution in [-0.4, -0.2) is 35.3 Å². The van der Waals surface area contributed by atoms with E-state index in [9.17, 15) is 15.2 Å². The molecule has 0 spiro atoms. The number of aliphatic hydroxyl groups is 1. The second-order valence-corrected chi connectivity index (χ2v) is 6.69. The highest BCUT2D eigenvalue weighted by Crippen LogP contribution is 2.25. The summed E-state index contributed by atoms with van der Waals surface area (Å²) in [5, 5.41) is 24.5. The first-order chi connectivity index (χ1) is 12.6. The smallest absolute Gasteiger partial charge is 0.269 e. The number of non-ortho nitro benzene ring substituents is 1. The van der Waals surface area contributed by atoms with Gasteiger partial charge < -0.3 is 15.2 Å². The molecule has 6 nitrogen and oxygen atoms in total. The number of ether oxygens (including phenoxy) is 1. The molecule has 0 saturated carbocycles. The van der Waals surface area contributed by atoms with Crippen molar-refractivity contribution in [3.8, 4) is 5.75 Å². The number of aryl methyl sites for hydroxylation is 1. The number of rotatable bonds is 7. The predicted octanol–water partition coefficient (Wildman–Crippen LogP) is 2.87. The molecule has 2 aromatic rings. The van der Waals surface area contributed by atoms with E-state index in [1.54, 1.807) is 12.1 Å². The number of nitrogens with one attached hydrogen (secondary N) is 1. The van der Waals surface area contributed by atoms with Gasteiger partial charge in [-0.3, -0.25) is 10.1 Å². The van der Waals surface area contributed by atoms with Crippen LogP contribution in [0.25, 0.3) is 0 Å². The van der Waals surface area contributed by atoms with Crippen molar-refractivity contribution in [2.24, 2.45) is 0 Å². The van der Waals surface area contributed by atoms with Crippen molar-refractivity contribution in [3.63, 3.8) is 0 Å². The van der Waals surface area contributed by atoms with Gasteiger partial charge in [-0.1, -0.05) is 24.3 Å². The van der Waals surface area contributed by atoms with E-state index >= 15 is 0 Å². The maximum Gasteiger partial charge on any atom is 0.269 e. The predicted molar refractivity (Wildman–Crippen MR) is 99.5 cm³/mol. The molecular weight excluding hydrogens is 332 g/mol. The van der Waals surface area contributed by atoms with Gasteiger partial charge in [-0.05, 0) is 48.9 Å². The molecule has 0 saturated heterocycles. The lowest BCUT2D eigenvalue weighted by Crippen LogP contribution is -2.39. The normalized spacial score (nSPS) is 17.8. The molecule has 0 bridgehead atoms. The minimum absolute atomic E-state index is 0.140. The monoisotopic (exact) mass is 356 g/mol. The van der Waals surface area contributed by atoms with Gasteiger partial charge in [0, 0.05) is 24.7 Å². The summed E-state index contributed by atoms with van der Waals surface area (Å²) in [4.78, 5) is 10.7. The Morgan fingerprint density at radius 2 is 2.04 bits per heavy atom. The minimum atomic E-state index is -0.608. The van der Waals surface area contributed by atoms with E-state index in [0.717, 1.165) is 37.0 Å². The van der Waals surface area contributed by atoms with E-state index in [-0.39, 0.29) is 23.3 Å². The van der Waals surface area contributed by atoms with E-state index in [1.807, 2.05) is 36.4 Å². The molecule has 2 N–H and O–H groups in total. The highest BCUT2D eigenvalue weighted by Gasteiger charge is 2.20. The summed E-state index contributed by atoms with van der Waals surface area (Å²) in [5.41, 5.74) is 2.36. The van der Waals surface area contributed by atoms with Crippen LogP contribution >= 0.6 is 0 Å². The van der Waals surface area contributed by atoms with Crippen molar-refractivity contribution in [1.82, 2.24) is 5.32 Å². The van der Waals surface area contributed by atoms with Crippen molar-refractivity contribution in [3.05, 3.63) is 69.8 Å². The van der Waals surface area contributed by atoms with Crippen LogP contribution in [-0.2, 0) is 12.8 Å². The molecule has 0 amide bonds. The fourth-order valence-corrected chi connectivity index (χ4v) is 3.31. The molecule has 1 aliphatic carbocycles. The molecule has 2 atom stereocenters. The van der Waals surface area contributed by atoms with Gasteiger partial charge >= 0.3 is 0 Å². The number of hydrogen-bond donors (Lipinski definition) is 2. The van der Waals surface area contributed by atoms with Crippen molar-refractivity contribution >= 4 is 5.69 Å². The zero-order valence-electron chi connectivity index (χ0n) is 14.6. The number of para-hydroxylation sites is 1. The Balaban J connectivity index is 1.51. The second kappa shape index (κ2) is 8.78. The SMILES string of the molecule is O=[N+]([O-])c1ccc2c(c1)CC(NC[C@H](O)COc1ccccc1)CCC2. The Labute approximate surface area is 153 Å². The van der Waals surface area contributed by atoms with E-state index in [2.05, 4.69) is 5.32 Å². The lowest BCUT2D eigenvalue weighted by Gasteiger charge is -2.20. The first kappa shape index (κ1) is 18.4. The van der Waals surface area contributed by atoms with Crippen LogP contribution in [0, 0.1) is 10.1 Å². The van der Waals surface area contributed by atoms with E-state index < -0.39 is 6.10 Å². The quantitative estimate of drug-likeness (QED) is 0.453. The third-order valence-electron chi connectivity index (χ3n) is 4.69. The number of hydrogen-bond acceptors (Lipinski definition) is 5. The van der Waals surface area contributed by atoms with Gasteiger partial charge in [0.1, 0.15) is 18.5 Å². The topological polar surface area (TPSA) is 84.6 Å². The molecule has 1 aliphatic rings. The summed E-state index contributed by atoms with van der Waals surface area (Å²) < 4.78 is 5.57. The Bertz CT molecular complexity index is 736. The van der Waals surface area contributed by atoms with Crippen LogP contribution in [0.5, 0.6) is 5.75 Å². The molecule has 0 heterocycles. The lowest BCUT2D eigenvalue weighted by molar-refractivity contribution is -0.384. The maximum atomic E-state index is 11.0. The van der Waals surface area contributed by atoms with Gasteiger partial charge in [-0.15, -0.1) is 0 Å². The molecule has 26 heavy (non-hydrogen) atoms. The van der Waals surface area contributed by atoms with E-state index in [1.165, 1.54) is 5.56 Å². The zero-order valence-corrected chi connectivity index (χ0v) is 14.6. The number of benzene rings is 2. The summed E-state index contributed by atoms with van der Waals surface area (Å²) in [5.74, 6) is 0.738. The van der Waals surface area contributed by atoms with Gasteiger partial charge in [0.2, 0.25) is 0 Å². The average Bonchev–Trinajstić information content (AvgIpc) is 2.86. The van der Waals surface area contributed by atoms with Gasteiger partial charge in [0.25, 0.3) is 5.69 Å². The summed E-state index contributed by atoms with van der Waals surface area (Å²) in [6.07, 6.45) is 3.07. The van der Waals surface area contributed by atoms with Crippen LogP contribution in [0.2, 0.25) is 0 Å². The molecule has 1 unspecified atom stereocenters. The maximum absolute atomic E-state index is 11.0. The highest BCUT2D eigenvalue weighted by molar-refractivity contribution is 5.41. The molecule has 6 heteroatoms. The molecular formula is C20H24N2O4. The summed E-state index contributed by atoms with van der Waals surface area (Å²) >= 11 is 0. The van der Waals surface area contributed by atoms with Gasteiger partial charge in [-0.2, -0.15) is 0 Å². The van der Waals surface area contributed by atoms with Crippen LogP contribution < -0.4 is 10.1 Å². The number of aliphatic hydroxyl groups excluding tert-OH is 1. The van der Waals surface area contributed by atoms with Crippen LogP contribution in [0.1, 0.15) is 24.0 Å². The zero-order chi connectivity index (χ0) is 18.4. The van der Waals surface area contributed by atoms with Crippen LogP contribution in [0.15, 0.2) is 48.5 Å². The van der Waals surface area contributed by atoms with E-state index in [0.29, 0.717) is 6.54 Å². The third kappa shape index (κ3) is 5.03. The molecule has 3 rings (SSSR count). The summed E-state index contributed by atoms with van der Waals surface area (Å²) in [6, 6.07) is 14.7. The minimum Gasteiger partial charge on any atom is -0.491 e. The molecule has 0 radical (unpaired) electrons. The van der Waals surface area contributed by atoms with Crippen molar-refractivity contribution < 1.29 is 14.8 Å². The number of nitrogens with zero attached hydrogens (tertiary/aromatic N) is 1. The molecule has 138 valence electrons. The van der Waals surface area contributed by atoms with Crippen LogP contribution in [0.4, 0.5) is 5.69 Å². The fraction of sp³-hybridized carbons (Fsp3) is 0.400. The fourth-order valence-electron chi connectivity index (χ4n) is 3.31. The van der Waals surface area contributed by atoms with Gasteiger partial charge in [0.15, 0.2) is 0 Å². The first-order valence-electron chi connectivity index (χ1n) is 8.97. The largest absolute Gasteiger partial charge is 0.491 e. The first-order valence-corrected chi connectivity index (χ1v) is 8.97. The van der Waals surface area contributed by atoms with Gasteiger partial charge in [-0.25, -0.2) is 0 Å². The molecule has 0 fully saturated rings. The Morgan fingerprint density at radius 3 is 2.81 bits per heavy atom. The van der Waals surface area contributed by atoms with Crippen molar-refractivity contribution in [2.75, 3.05) is 13.2 Å². The number of nitro benzene ring substituents is 1. The third-order valence-corrected chi connectivity index (χ3v) is 4.69. The molecule has 0 aromatic heterocycles. The Hall–Kier alpha value is -2.44. The van der Waals surface area contributed by atoms with Gasteiger partial charge in [0.05, 0.1) is 4.92 Å². The lowest BCUT2D eigenvalue weighted by atomic mass is 10.0. The van der Waals surface area contributed by atoms with Crippen LogP contribution in [0.3, 0.4) is 0 Å². The average molecular weight is 356 g/mol. The van der Waals surface area contributed by atoms with Crippen molar-refractivity contribution in [1.29, 1.82) is 0 Å². The Morgan fingerprint density at radius 1 is 1.23 bits per heavy atom. The van der Waals surface area contributed by atoms with Crippen molar-refractivity contribution in [2.45, 2.75) is 37.8 Å².